The number of rotatable bonds is 6. The number of halogens is 1. The van der Waals surface area contributed by atoms with Gasteiger partial charge in [-0.1, -0.05) is 5.16 Å². The van der Waals surface area contributed by atoms with Crippen molar-refractivity contribution in [1.29, 1.82) is 0 Å². The van der Waals surface area contributed by atoms with Crippen LogP contribution in [0.15, 0.2) is 53.1 Å². The Kier molecular flexibility index (Phi) is 6.45. The topological polar surface area (TPSA) is 71.7 Å². The second kappa shape index (κ2) is 9.59. The van der Waals surface area contributed by atoms with E-state index in [1.54, 1.807) is 19.2 Å². The molecule has 1 aromatic heterocycles. The Morgan fingerprint density at radius 1 is 1.06 bits per heavy atom. The molecule has 4 rings (SSSR count). The van der Waals surface area contributed by atoms with Crippen molar-refractivity contribution in [2.45, 2.75) is 19.3 Å². The molecule has 1 saturated heterocycles. The number of methoxy groups -OCH3 is 1. The van der Waals surface area contributed by atoms with Gasteiger partial charge in [0.05, 0.1) is 7.11 Å². The lowest BCUT2D eigenvalue weighted by Gasteiger charge is -2.23. The first kappa shape index (κ1) is 20.8. The standard InChI is InChI=1S/C23H25FN4O3/c1-30-20-9-3-17(4-10-20)23-25-21(31-26-23)11-12-22(29)28-14-2-13-27(15-16-28)19-7-5-18(24)6-8-19/h3-10H,2,11-16H2,1H3. The van der Waals surface area contributed by atoms with E-state index in [9.17, 15) is 9.18 Å². The number of anilines is 1. The lowest BCUT2D eigenvalue weighted by atomic mass is 10.2. The molecule has 3 aromatic rings. The predicted octanol–water partition coefficient (Wildman–Crippen LogP) is 3.56. The monoisotopic (exact) mass is 424 g/mol. The van der Waals surface area contributed by atoms with E-state index in [1.165, 1.54) is 12.1 Å². The van der Waals surface area contributed by atoms with E-state index in [0.717, 1.165) is 36.5 Å². The normalized spacial score (nSPS) is 14.4. The van der Waals surface area contributed by atoms with Gasteiger partial charge >= 0.3 is 0 Å². The Morgan fingerprint density at radius 3 is 2.58 bits per heavy atom. The van der Waals surface area contributed by atoms with E-state index < -0.39 is 0 Å². The molecule has 0 atom stereocenters. The highest BCUT2D eigenvalue weighted by Crippen LogP contribution is 2.21. The third kappa shape index (κ3) is 5.20. The van der Waals surface area contributed by atoms with Gasteiger partial charge in [-0.3, -0.25) is 4.79 Å². The van der Waals surface area contributed by atoms with Crippen molar-refractivity contribution in [3.8, 4) is 17.1 Å². The number of aromatic nitrogens is 2. The van der Waals surface area contributed by atoms with Gasteiger partial charge in [-0.2, -0.15) is 4.98 Å². The van der Waals surface area contributed by atoms with Gasteiger partial charge in [0.15, 0.2) is 0 Å². The lowest BCUT2D eigenvalue weighted by Crippen LogP contribution is -2.35. The fourth-order valence-corrected chi connectivity index (χ4v) is 3.66. The van der Waals surface area contributed by atoms with Crippen LogP contribution in [0.3, 0.4) is 0 Å². The Labute approximate surface area is 180 Å². The molecule has 1 aliphatic rings. The van der Waals surface area contributed by atoms with Gasteiger partial charge in [-0.25, -0.2) is 4.39 Å². The zero-order chi connectivity index (χ0) is 21.6. The lowest BCUT2D eigenvalue weighted by molar-refractivity contribution is -0.131. The Balaban J connectivity index is 1.29. The zero-order valence-electron chi connectivity index (χ0n) is 17.5. The van der Waals surface area contributed by atoms with Crippen LogP contribution in [0.2, 0.25) is 0 Å². The quantitative estimate of drug-likeness (QED) is 0.603. The number of nitrogens with zero attached hydrogens (tertiary/aromatic N) is 4. The van der Waals surface area contributed by atoms with Crippen LogP contribution in [-0.4, -0.2) is 54.2 Å². The highest BCUT2D eigenvalue weighted by molar-refractivity contribution is 5.76. The van der Waals surface area contributed by atoms with Crippen molar-refractivity contribution in [1.82, 2.24) is 15.0 Å². The van der Waals surface area contributed by atoms with Crippen LogP contribution >= 0.6 is 0 Å². The van der Waals surface area contributed by atoms with Gasteiger partial charge < -0.3 is 19.1 Å². The summed E-state index contributed by atoms with van der Waals surface area (Å²) in [4.78, 5) is 21.2. The molecule has 0 N–H and O–H groups in total. The fraction of sp³-hybridized carbons (Fsp3) is 0.348. The number of carbonyl (C=O) groups is 1. The molecule has 0 bridgehead atoms. The maximum Gasteiger partial charge on any atom is 0.227 e. The van der Waals surface area contributed by atoms with Gasteiger partial charge in [0.2, 0.25) is 17.6 Å². The van der Waals surface area contributed by atoms with Crippen molar-refractivity contribution in [3.05, 3.63) is 60.2 Å². The second-order valence-electron chi connectivity index (χ2n) is 7.44. The molecule has 1 fully saturated rings. The third-order valence-electron chi connectivity index (χ3n) is 5.41. The Hall–Kier alpha value is -3.42. The molecule has 162 valence electrons. The molecular formula is C23H25FN4O3. The third-order valence-corrected chi connectivity index (χ3v) is 5.41. The molecule has 8 heteroatoms. The number of aryl methyl sites for hydroxylation is 1. The first-order valence-electron chi connectivity index (χ1n) is 10.4. The summed E-state index contributed by atoms with van der Waals surface area (Å²) in [5, 5.41) is 4.01. The van der Waals surface area contributed by atoms with E-state index in [1.807, 2.05) is 29.2 Å². The molecule has 2 aromatic carbocycles. The van der Waals surface area contributed by atoms with Gasteiger partial charge in [0, 0.05) is 50.3 Å². The average molecular weight is 424 g/mol. The summed E-state index contributed by atoms with van der Waals surface area (Å²) < 4.78 is 23.6. The molecule has 0 spiro atoms. The van der Waals surface area contributed by atoms with E-state index in [2.05, 4.69) is 15.0 Å². The minimum Gasteiger partial charge on any atom is -0.497 e. The van der Waals surface area contributed by atoms with Gasteiger partial charge in [-0.05, 0) is 55.0 Å². The summed E-state index contributed by atoms with van der Waals surface area (Å²) in [7, 11) is 1.61. The van der Waals surface area contributed by atoms with Crippen LogP contribution in [0.25, 0.3) is 11.4 Å². The van der Waals surface area contributed by atoms with Crippen molar-refractivity contribution in [3.63, 3.8) is 0 Å². The Morgan fingerprint density at radius 2 is 1.84 bits per heavy atom. The number of ether oxygens (including phenoxy) is 1. The largest absolute Gasteiger partial charge is 0.497 e. The molecule has 0 unspecified atom stereocenters. The molecule has 1 amide bonds. The number of hydrogen-bond acceptors (Lipinski definition) is 6. The first-order chi connectivity index (χ1) is 15.1. The van der Waals surface area contributed by atoms with Gasteiger partial charge in [0.25, 0.3) is 0 Å². The van der Waals surface area contributed by atoms with Crippen LogP contribution in [0, 0.1) is 5.82 Å². The summed E-state index contributed by atoms with van der Waals surface area (Å²) in [5.74, 6) is 1.53. The van der Waals surface area contributed by atoms with Gasteiger partial charge in [-0.15, -0.1) is 0 Å². The molecule has 0 saturated carbocycles. The SMILES string of the molecule is COc1ccc(-c2noc(CCC(=O)N3CCCN(c4ccc(F)cc4)CC3)n2)cc1. The highest BCUT2D eigenvalue weighted by Gasteiger charge is 2.20. The van der Waals surface area contributed by atoms with Crippen LogP contribution in [-0.2, 0) is 11.2 Å². The Bertz CT molecular complexity index is 1000. The highest BCUT2D eigenvalue weighted by atomic mass is 19.1. The minimum absolute atomic E-state index is 0.0742. The summed E-state index contributed by atoms with van der Waals surface area (Å²) in [6.45, 7) is 2.90. The van der Waals surface area contributed by atoms with E-state index >= 15 is 0 Å². The van der Waals surface area contributed by atoms with E-state index in [4.69, 9.17) is 9.26 Å². The molecule has 0 radical (unpaired) electrons. The smallest absolute Gasteiger partial charge is 0.227 e. The second-order valence-corrected chi connectivity index (χ2v) is 7.44. The van der Waals surface area contributed by atoms with Crippen molar-refractivity contribution >= 4 is 11.6 Å². The maximum atomic E-state index is 13.2. The maximum absolute atomic E-state index is 13.2. The molecule has 0 aliphatic carbocycles. The summed E-state index contributed by atoms with van der Waals surface area (Å²) in [5.41, 5.74) is 1.81. The van der Waals surface area contributed by atoms with E-state index in [0.29, 0.717) is 37.6 Å². The van der Waals surface area contributed by atoms with Gasteiger partial charge in [0.1, 0.15) is 11.6 Å². The number of hydrogen-bond donors (Lipinski definition) is 0. The average Bonchev–Trinajstić information content (AvgIpc) is 3.14. The van der Waals surface area contributed by atoms with Crippen LogP contribution in [0.5, 0.6) is 5.75 Å². The summed E-state index contributed by atoms with van der Waals surface area (Å²) >= 11 is 0. The molecule has 7 nitrogen and oxygen atoms in total. The first-order valence-corrected chi connectivity index (χ1v) is 10.4. The van der Waals surface area contributed by atoms with Crippen LogP contribution in [0.1, 0.15) is 18.7 Å². The molecule has 31 heavy (non-hydrogen) atoms. The molecular weight excluding hydrogens is 399 g/mol. The predicted molar refractivity (Wildman–Crippen MR) is 114 cm³/mol. The minimum atomic E-state index is -0.244. The van der Waals surface area contributed by atoms with Crippen LogP contribution < -0.4 is 9.64 Å². The fourth-order valence-electron chi connectivity index (χ4n) is 3.66. The van der Waals surface area contributed by atoms with Crippen LogP contribution in [0.4, 0.5) is 10.1 Å². The molecule has 2 heterocycles. The summed E-state index contributed by atoms with van der Waals surface area (Å²) in [6, 6.07) is 13.9. The van der Waals surface area contributed by atoms with Crippen molar-refractivity contribution in [2.75, 3.05) is 38.2 Å². The number of benzene rings is 2. The number of carbonyl (C=O) groups excluding carboxylic acids is 1. The number of amides is 1. The van der Waals surface area contributed by atoms with Crippen molar-refractivity contribution < 1.29 is 18.4 Å². The summed E-state index contributed by atoms with van der Waals surface area (Å²) in [6.07, 6.45) is 1.59. The molecule has 1 aliphatic heterocycles. The van der Waals surface area contributed by atoms with E-state index in [-0.39, 0.29) is 11.7 Å². The zero-order valence-corrected chi connectivity index (χ0v) is 17.5. The van der Waals surface area contributed by atoms with Crippen molar-refractivity contribution in [2.24, 2.45) is 0 Å².